The molecule has 0 saturated carbocycles. The lowest BCUT2D eigenvalue weighted by atomic mass is 9.97. The Kier molecular flexibility index (Phi) is 5.20. The first-order valence-electron chi connectivity index (χ1n) is 6.23. The third kappa shape index (κ3) is 3.76. The second-order valence-electron chi connectivity index (χ2n) is 4.87. The molecule has 0 aliphatic heterocycles. The second kappa shape index (κ2) is 6.43. The summed E-state index contributed by atoms with van der Waals surface area (Å²) in [6.07, 6.45) is 0. The number of hydrogen-bond acceptors (Lipinski definition) is 3. The molecule has 0 saturated heterocycles. The molecule has 0 aromatic heterocycles. The summed E-state index contributed by atoms with van der Waals surface area (Å²) in [7, 11) is 1.41. The summed E-state index contributed by atoms with van der Waals surface area (Å²) in [4.78, 5) is 11.4. The van der Waals surface area contributed by atoms with Gasteiger partial charge in [0.25, 0.3) is 0 Å². The zero-order valence-corrected chi connectivity index (χ0v) is 11.8. The molecule has 0 heterocycles. The molecule has 1 aromatic rings. The van der Waals surface area contributed by atoms with E-state index in [1.165, 1.54) is 12.7 Å². The van der Waals surface area contributed by atoms with Crippen LogP contribution in [0.1, 0.15) is 25.0 Å². The van der Waals surface area contributed by atoms with Crippen LogP contribution < -0.4 is 4.74 Å². The number of aryl methyl sites for hydroxylation is 2. The highest BCUT2D eigenvalue weighted by Gasteiger charge is 2.21. The van der Waals surface area contributed by atoms with Gasteiger partial charge in [-0.2, -0.15) is 0 Å². The van der Waals surface area contributed by atoms with E-state index in [2.05, 4.69) is 6.07 Å². The number of carbonyl (C=O) groups is 1. The fourth-order valence-electron chi connectivity index (χ4n) is 1.65. The van der Waals surface area contributed by atoms with Gasteiger partial charge in [-0.15, -0.1) is 0 Å². The maximum absolute atomic E-state index is 11.4. The lowest BCUT2D eigenvalue weighted by Gasteiger charge is -2.19. The van der Waals surface area contributed by atoms with E-state index in [9.17, 15) is 4.79 Å². The molecule has 0 aliphatic carbocycles. The molecular weight excluding hydrogens is 228 g/mol. The van der Waals surface area contributed by atoms with Crippen molar-refractivity contribution in [2.75, 3.05) is 13.7 Å². The molecule has 100 valence electrons. The average Bonchev–Trinajstić information content (AvgIpc) is 2.37. The van der Waals surface area contributed by atoms with Crippen molar-refractivity contribution in [3.05, 3.63) is 29.3 Å². The molecule has 2 atom stereocenters. The Labute approximate surface area is 109 Å². The molecule has 0 radical (unpaired) electrons. The Morgan fingerprint density at radius 1 is 1.28 bits per heavy atom. The van der Waals surface area contributed by atoms with Crippen LogP contribution in [0, 0.1) is 25.7 Å². The van der Waals surface area contributed by atoms with Gasteiger partial charge < -0.3 is 9.47 Å². The molecule has 0 aliphatic rings. The Morgan fingerprint density at radius 3 is 2.56 bits per heavy atom. The highest BCUT2D eigenvalue weighted by atomic mass is 16.5. The summed E-state index contributed by atoms with van der Waals surface area (Å²) >= 11 is 0. The fourth-order valence-corrected chi connectivity index (χ4v) is 1.65. The predicted molar refractivity (Wildman–Crippen MR) is 71.8 cm³/mol. The van der Waals surface area contributed by atoms with E-state index in [0.29, 0.717) is 6.61 Å². The minimum atomic E-state index is -0.188. The smallest absolute Gasteiger partial charge is 0.308 e. The summed E-state index contributed by atoms with van der Waals surface area (Å²) in [5.74, 6) is 0.670. The van der Waals surface area contributed by atoms with Crippen molar-refractivity contribution in [2.45, 2.75) is 27.7 Å². The van der Waals surface area contributed by atoms with Gasteiger partial charge in [-0.3, -0.25) is 4.79 Å². The van der Waals surface area contributed by atoms with E-state index in [1.54, 1.807) is 0 Å². The molecule has 0 amide bonds. The SMILES string of the molecule is COC(=O)C(C)C(C)COc1cc(C)ccc1C. The Bertz CT molecular complexity index is 412. The van der Waals surface area contributed by atoms with Crippen molar-refractivity contribution >= 4 is 5.97 Å². The summed E-state index contributed by atoms with van der Waals surface area (Å²) < 4.78 is 10.5. The quantitative estimate of drug-likeness (QED) is 0.753. The molecule has 3 nitrogen and oxygen atoms in total. The first kappa shape index (κ1) is 14.6. The zero-order valence-electron chi connectivity index (χ0n) is 11.8. The van der Waals surface area contributed by atoms with Crippen molar-refractivity contribution in [2.24, 2.45) is 11.8 Å². The number of rotatable bonds is 5. The van der Waals surface area contributed by atoms with Crippen LogP contribution in [-0.4, -0.2) is 19.7 Å². The molecule has 0 fully saturated rings. The number of methoxy groups -OCH3 is 1. The maximum Gasteiger partial charge on any atom is 0.308 e. The molecule has 0 bridgehead atoms. The van der Waals surface area contributed by atoms with Gasteiger partial charge in [0, 0.05) is 5.92 Å². The summed E-state index contributed by atoms with van der Waals surface area (Å²) in [5, 5.41) is 0. The van der Waals surface area contributed by atoms with Crippen molar-refractivity contribution in [3.8, 4) is 5.75 Å². The number of carbonyl (C=O) groups excluding carboxylic acids is 1. The second-order valence-corrected chi connectivity index (χ2v) is 4.87. The third-order valence-corrected chi connectivity index (χ3v) is 3.27. The lowest BCUT2D eigenvalue weighted by Crippen LogP contribution is -2.25. The summed E-state index contributed by atoms with van der Waals surface area (Å²) in [6, 6.07) is 6.12. The van der Waals surface area contributed by atoms with E-state index in [-0.39, 0.29) is 17.8 Å². The zero-order chi connectivity index (χ0) is 13.7. The van der Waals surface area contributed by atoms with Gasteiger partial charge in [0.15, 0.2) is 0 Å². The fraction of sp³-hybridized carbons (Fsp3) is 0.533. The monoisotopic (exact) mass is 250 g/mol. The molecule has 3 heteroatoms. The molecule has 1 aromatic carbocycles. The molecule has 18 heavy (non-hydrogen) atoms. The molecule has 0 spiro atoms. The van der Waals surface area contributed by atoms with Crippen LogP contribution in [0.4, 0.5) is 0 Å². The Morgan fingerprint density at radius 2 is 1.94 bits per heavy atom. The molecule has 0 N–H and O–H groups in total. The van der Waals surface area contributed by atoms with E-state index >= 15 is 0 Å². The minimum Gasteiger partial charge on any atom is -0.493 e. The van der Waals surface area contributed by atoms with Gasteiger partial charge in [0.2, 0.25) is 0 Å². The topological polar surface area (TPSA) is 35.5 Å². The molecular formula is C15H22O3. The minimum absolute atomic E-state index is 0.123. The standard InChI is InChI=1S/C15H22O3/c1-10-6-7-11(2)14(8-10)18-9-12(3)13(4)15(16)17-5/h6-8,12-13H,9H2,1-5H3. The van der Waals surface area contributed by atoms with Gasteiger partial charge in [0.1, 0.15) is 5.75 Å². The van der Waals surface area contributed by atoms with E-state index in [0.717, 1.165) is 11.3 Å². The van der Waals surface area contributed by atoms with Crippen molar-refractivity contribution in [1.82, 2.24) is 0 Å². The van der Waals surface area contributed by atoms with Crippen LogP contribution in [-0.2, 0) is 9.53 Å². The van der Waals surface area contributed by atoms with Crippen molar-refractivity contribution < 1.29 is 14.3 Å². The van der Waals surface area contributed by atoms with Crippen LogP contribution >= 0.6 is 0 Å². The number of ether oxygens (including phenoxy) is 2. The average molecular weight is 250 g/mol. The maximum atomic E-state index is 11.4. The van der Waals surface area contributed by atoms with Gasteiger partial charge in [-0.1, -0.05) is 26.0 Å². The third-order valence-electron chi connectivity index (χ3n) is 3.27. The van der Waals surface area contributed by atoms with Gasteiger partial charge in [-0.05, 0) is 31.0 Å². The van der Waals surface area contributed by atoms with Crippen LogP contribution in [0.5, 0.6) is 5.75 Å². The van der Waals surface area contributed by atoms with E-state index in [4.69, 9.17) is 9.47 Å². The molecule has 2 unspecified atom stereocenters. The molecule has 1 rings (SSSR count). The van der Waals surface area contributed by atoms with Gasteiger partial charge >= 0.3 is 5.97 Å². The normalized spacial score (nSPS) is 13.8. The highest BCUT2D eigenvalue weighted by Crippen LogP contribution is 2.21. The van der Waals surface area contributed by atoms with Crippen molar-refractivity contribution in [1.29, 1.82) is 0 Å². The van der Waals surface area contributed by atoms with Crippen LogP contribution in [0.25, 0.3) is 0 Å². The van der Waals surface area contributed by atoms with Crippen molar-refractivity contribution in [3.63, 3.8) is 0 Å². The lowest BCUT2D eigenvalue weighted by molar-refractivity contribution is -0.146. The van der Waals surface area contributed by atoms with Gasteiger partial charge in [-0.25, -0.2) is 0 Å². The van der Waals surface area contributed by atoms with Gasteiger partial charge in [0.05, 0.1) is 19.6 Å². The summed E-state index contributed by atoms with van der Waals surface area (Å²) in [6.45, 7) is 8.42. The van der Waals surface area contributed by atoms with E-state index in [1.807, 2.05) is 39.8 Å². The Hall–Kier alpha value is -1.51. The van der Waals surface area contributed by atoms with Crippen LogP contribution in [0.3, 0.4) is 0 Å². The highest BCUT2D eigenvalue weighted by molar-refractivity contribution is 5.72. The van der Waals surface area contributed by atoms with Crippen LogP contribution in [0.2, 0.25) is 0 Å². The first-order chi connectivity index (χ1) is 8.45. The van der Waals surface area contributed by atoms with E-state index < -0.39 is 0 Å². The number of benzene rings is 1. The largest absolute Gasteiger partial charge is 0.493 e. The summed E-state index contributed by atoms with van der Waals surface area (Å²) in [5.41, 5.74) is 2.28. The number of esters is 1. The number of hydrogen-bond donors (Lipinski definition) is 0. The first-order valence-corrected chi connectivity index (χ1v) is 6.23. The predicted octanol–water partition coefficient (Wildman–Crippen LogP) is 3.13. The van der Waals surface area contributed by atoms with Crippen LogP contribution in [0.15, 0.2) is 18.2 Å². The Balaban J connectivity index is 2.59.